The number of carbonyl (C=O) groups excluding carboxylic acids is 1. The summed E-state index contributed by atoms with van der Waals surface area (Å²) < 4.78 is 2.03. The summed E-state index contributed by atoms with van der Waals surface area (Å²) in [5, 5.41) is 25.0. The van der Waals surface area contributed by atoms with Gasteiger partial charge in [0.05, 0.1) is 10.7 Å². The van der Waals surface area contributed by atoms with E-state index in [2.05, 4.69) is 47.7 Å². The molecular formula is C20H23N5O3S2. The van der Waals surface area contributed by atoms with Crippen molar-refractivity contribution < 1.29 is 9.72 Å². The minimum Gasteiger partial charge on any atom is -0.325 e. The zero-order valence-electron chi connectivity index (χ0n) is 17.0. The molecule has 1 amide bonds. The molecule has 0 saturated heterocycles. The van der Waals surface area contributed by atoms with Crippen LogP contribution < -0.4 is 5.32 Å². The van der Waals surface area contributed by atoms with Gasteiger partial charge in [0.15, 0.2) is 11.0 Å². The van der Waals surface area contributed by atoms with E-state index in [0.29, 0.717) is 10.8 Å². The second kappa shape index (κ2) is 9.86. The molecule has 1 aromatic carbocycles. The smallest absolute Gasteiger partial charge is 0.271 e. The van der Waals surface area contributed by atoms with Crippen LogP contribution in [0.1, 0.15) is 38.1 Å². The number of thioether (sulfide) groups is 1. The van der Waals surface area contributed by atoms with Crippen molar-refractivity contribution in [2.75, 3.05) is 11.1 Å². The molecule has 3 aromatic rings. The van der Waals surface area contributed by atoms with Gasteiger partial charge in [-0.2, -0.15) is 0 Å². The third-order valence-corrected chi connectivity index (χ3v) is 6.20. The van der Waals surface area contributed by atoms with Crippen LogP contribution in [0.3, 0.4) is 0 Å². The number of benzene rings is 1. The first-order valence-electron chi connectivity index (χ1n) is 9.58. The van der Waals surface area contributed by atoms with Crippen LogP contribution in [0, 0.1) is 10.1 Å². The number of nitrogens with one attached hydrogen (secondary N) is 1. The highest BCUT2D eigenvalue weighted by Crippen LogP contribution is 2.31. The van der Waals surface area contributed by atoms with E-state index in [0.717, 1.165) is 24.2 Å². The van der Waals surface area contributed by atoms with Crippen LogP contribution >= 0.6 is 23.1 Å². The molecule has 0 fully saturated rings. The van der Waals surface area contributed by atoms with Crippen molar-refractivity contribution in [3.8, 4) is 11.4 Å². The first kappa shape index (κ1) is 22.0. The average Bonchev–Trinajstić information content (AvgIpc) is 3.33. The summed E-state index contributed by atoms with van der Waals surface area (Å²) in [6, 6.07) is 8.16. The Hall–Kier alpha value is -2.72. The number of rotatable bonds is 9. The second-order valence-corrected chi connectivity index (χ2v) is 8.90. The number of hydrogen-bond donors (Lipinski definition) is 1. The fraction of sp³-hybridized carbons (Fsp3) is 0.350. The van der Waals surface area contributed by atoms with Gasteiger partial charge in [0.2, 0.25) is 5.91 Å². The fourth-order valence-electron chi connectivity index (χ4n) is 2.94. The summed E-state index contributed by atoms with van der Waals surface area (Å²) in [6.45, 7) is 6.27. The van der Waals surface area contributed by atoms with E-state index < -0.39 is 4.92 Å². The van der Waals surface area contributed by atoms with Crippen LogP contribution in [0.5, 0.6) is 0 Å². The molecule has 0 aliphatic heterocycles. The highest BCUT2D eigenvalue weighted by Gasteiger charge is 2.19. The molecule has 2 heterocycles. The third-order valence-electron chi connectivity index (χ3n) is 4.26. The molecule has 158 valence electrons. The SMILES string of the molecule is CCCc1cc(-c2nnc(SCC(=O)Nc3cccc([N+](=O)[O-])c3)n2C(C)C)cs1. The molecule has 10 heteroatoms. The van der Waals surface area contributed by atoms with Crippen molar-refractivity contribution in [2.24, 2.45) is 0 Å². The number of amides is 1. The minimum atomic E-state index is -0.493. The summed E-state index contributed by atoms with van der Waals surface area (Å²) in [5.41, 5.74) is 1.36. The number of anilines is 1. The lowest BCUT2D eigenvalue weighted by molar-refractivity contribution is -0.384. The highest BCUT2D eigenvalue weighted by molar-refractivity contribution is 7.99. The molecule has 30 heavy (non-hydrogen) atoms. The highest BCUT2D eigenvalue weighted by atomic mass is 32.2. The van der Waals surface area contributed by atoms with E-state index >= 15 is 0 Å². The van der Waals surface area contributed by atoms with Crippen molar-refractivity contribution in [3.63, 3.8) is 0 Å². The largest absolute Gasteiger partial charge is 0.325 e. The summed E-state index contributed by atoms with van der Waals surface area (Å²) in [5.74, 6) is 0.657. The lowest BCUT2D eigenvalue weighted by Crippen LogP contribution is -2.15. The molecule has 0 bridgehead atoms. The Balaban J connectivity index is 1.70. The van der Waals surface area contributed by atoms with Crippen molar-refractivity contribution in [2.45, 2.75) is 44.8 Å². The van der Waals surface area contributed by atoms with Gasteiger partial charge >= 0.3 is 0 Å². The molecule has 1 N–H and O–H groups in total. The topological polar surface area (TPSA) is 103 Å². The van der Waals surface area contributed by atoms with Gasteiger partial charge < -0.3 is 5.32 Å². The van der Waals surface area contributed by atoms with Gasteiger partial charge in [0.1, 0.15) is 0 Å². The van der Waals surface area contributed by atoms with Crippen molar-refractivity contribution >= 4 is 40.4 Å². The predicted molar refractivity (Wildman–Crippen MR) is 120 cm³/mol. The standard InChI is InChI=1S/C20H23N5O3S2/c1-4-6-17-9-14(11-29-17)19-22-23-20(24(19)13(2)3)30-12-18(26)21-15-7-5-8-16(10-15)25(27)28/h5,7-11,13H,4,6,12H2,1-3H3,(H,21,26). The molecule has 0 saturated carbocycles. The number of aryl methyl sites for hydroxylation is 1. The molecule has 0 aliphatic rings. The average molecular weight is 446 g/mol. The summed E-state index contributed by atoms with van der Waals surface area (Å²) in [6.07, 6.45) is 2.14. The third kappa shape index (κ3) is 5.25. The van der Waals surface area contributed by atoms with Gasteiger partial charge in [-0.3, -0.25) is 19.5 Å². The zero-order chi connectivity index (χ0) is 21.7. The first-order valence-corrected chi connectivity index (χ1v) is 11.4. The van der Waals surface area contributed by atoms with Gasteiger partial charge in [-0.25, -0.2) is 0 Å². The zero-order valence-corrected chi connectivity index (χ0v) is 18.6. The first-order chi connectivity index (χ1) is 14.4. The van der Waals surface area contributed by atoms with Gasteiger partial charge in [0.25, 0.3) is 5.69 Å². The van der Waals surface area contributed by atoms with E-state index in [4.69, 9.17) is 0 Å². The van der Waals surface area contributed by atoms with E-state index in [1.807, 2.05) is 4.57 Å². The molecule has 0 atom stereocenters. The Kier molecular flexibility index (Phi) is 7.22. The molecule has 0 aliphatic carbocycles. The summed E-state index contributed by atoms with van der Waals surface area (Å²) in [7, 11) is 0. The van der Waals surface area contributed by atoms with Gasteiger partial charge in [-0.1, -0.05) is 31.2 Å². The molecule has 2 aromatic heterocycles. The maximum atomic E-state index is 12.3. The van der Waals surface area contributed by atoms with Gasteiger partial charge in [-0.05, 0) is 32.4 Å². The van der Waals surface area contributed by atoms with E-state index in [1.165, 1.54) is 34.8 Å². The molecule has 0 spiro atoms. The molecule has 8 nitrogen and oxygen atoms in total. The maximum absolute atomic E-state index is 12.3. The number of non-ortho nitro benzene ring substituents is 1. The van der Waals surface area contributed by atoms with E-state index in [1.54, 1.807) is 17.4 Å². The van der Waals surface area contributed by atoms with Crippen LogP contribution in [0.2, 0.25) is 0 Å². The van der Waals surface area contributed by atoms with Crippen molar-refractivity contribution in [1.29, 1.82) is 0 Å². The molecule has 0 unspecified atom stereocenters. The lowest BCUT2D eigenvalue weighted by Gasteiger charge is -2.13. The summed E-state index contributed by atoms with van der Waals surface area (Å²) in [4.78, 5) is 24.0. The van der Waals surface area contributed by atoms with Gasteiger partial charge in [-0.15, -0.1) is 21.5 Å². The second-order valence-electron chi connectivity index (χ2n) is 6.97. The number of aromatic nitrogens is 3. The fourth-order valence-corrected chi connectivity index (χ4v) is 4.77. The lowest BCUT2D eigenvalue weighted by atomic mass is 10.2. The quantitative estimate of drug-likeness (QED) is 0.277. The Bertz CT molecular complexity index is 1040. The Labute approximate surface area is 182 Å². The maximum Gasteiger partial charge on any atom is 0.271 e. The number of nitrogens with zero attached hydrogens (tertiary/aromatic N) is 4. The normalized spacial score (nSPS) is 11.1. The van der Waals surface area contributed by atoms with E-state index in [-0.39, 0.29) is 23.4 Å². The number of carbonyl (C=O) groups is 1. The van der Waals surface area contributed by atoms with Crippen molar-refractivity contribution in [1.82, 2.24) is 14.8 Å². The molecule has 0 radical (unpaired) electrons. The number of nitro benzene ring substituents is 1. The van der Waals surface area contributed by atoms with Crippen LogP contribution in [-0.4, -0.2) is 31.3 Å². The van der Waals surface area contributed by atoms with Crippen LogP contribution in [0.15, 0.2) is 40.9 Å². The Morgan fingerprint density at radius 2 is 2.13 bits per heavy atom. The number of thiophene rings is 1. The minimum absolute atomic E-state index is 0.0668. The van der Waals surface area contributed by atoms with Crippen molar-refractivity contribution in [3.05, 3.63) is 50.7 Å². The molecule has 3 rings (SSSR count). The molecular weight excluding hydrogens is 422 g/mol. The number of hydrogen-bond acceptors (Lipinski definition) is 7. The monoisotopic (exact) mass is 445 g/mol. The van der Waals surface area contributed by atoms with E-state index in [9.17, 15) is 14.9 Å². The number of nitro groups is 1. The van der Waals surface area contributed by atoms with Crippen LogP contribution in [0.25, 0.3) is 11.4 Å². The summed E-state index contributed by atoms with van der Waals surface area (Å²) >= 11 is 3.01. The van der Waals surface area contributed by atoms with Crippen LogP contribution in [0.4, 0.5) is 11.4 Å². The Morgan fingerprint density at radius 1 is 1.33 bits per heavy atom. The Morgan fingerprint density at radius 3 is 2.83 bits per heavy atom. The predicted octanol–water partition coefficient (Wildman–Crippen LogP) is 5.18. The van der Waals surface area contributed by atoms with Crippen LogP contribution in [-0.2, 0) is 11.2 Å². The van der Waals surface area contributed by atoms with Gasteiger partial charge in [0, 0.05) is 39.7 Å².